The van der Waals surface area contributed by atoms with E-state index in [1.807, 2.05) is 39.0 Å². The van der Waals surface area contributed by atoms with E-state index in [0.29, 0.717) is 5.82 Å². The van der Waals surface area contributed by atoms with E-state index < -0.39 is 0 Å². The van der Waals surface area contributed by atoms with Crippen LogP contribution in [-0.4, -0.2) is 9.97 Å². The van der Waals surface area contributed by atoms with Crippen molar-refractivity contribution in [2.45, 2.75) is 26.7 Å². The zero-order chi connectivity index (χ0) is 13.3. The van der Waals surface area contributed by atoms with Crippen LogP contribution in [0.25, 0.3) is 11.4 Å². The first kappa shape index (κ1) is 13.0. The highest BCUT2D eigenvalue weighted by Gasteiger charge is 2.09. The molecule has 1 heterocycles. The maximum Gasteiger partial charge on any atom is 0.251 e. The third-order valence-electron chi connectivity index (χ3n) is 2.81. The molecule has 1 N–H and O–H groups in total. The van der Waals surface area contributed by atoms with Crippen LogP contribution in [-0.2, 0) is 0 Å². The highest BCUT2D eigenvalue weighted by atomic mass is 79.9. The predicted octanol–water partition coefficient (Wildman–Crippen LogP) is 3.63. The highest BCUT2D eigenvalue weighted by molar-refractivity contribution is 9.10. The Morgan fingerprint density at radius 1 is 1.28 bits per heavy atom. The second-order valence-corrected chi connectivity index (χ2v) is 5.55. The minimum Gasteiger partial charge on any atom is -0.307 e. The van der Waals surface area contributed by atoms with Gasteiger partial charge in [-0.3, -0.25) is 4.79 Å². The molecule has 0 aliphatic heterocycles. The zero-order valence-corrected chi connectivity index (χ0v) is 12.2. The van der Waals surface area contributed by atoms with Crippen LogP contribution in [0.3, 0.4) is 0 Å². The summed E-state index contributed by atoms with van der Waals surface area (Å²) in [5, 5.41) is 0. The van der Waals surface area contributed by atoms with Crippen LogP contribution >= 0.6 is 15.9 Å². The van der Waals surface area contributed by atoms with Gasteiger partial charge in [-0.2, -0.15) is 0 Å². The van der Waals surface area contributed by atoms with Gasteiger partial charge in [0.25, 0.3) is 5.56 Å². The second kappa shape index (κ2) is 5.06. The molecule has 1 aromatic carbocycles. The number of aryl methyl sites for hydroxylation is 1. The molecule has 3 nitrogen and oxygen atoms in total. The maximum absolute atomic E-state index is 11.7. The van der Waals surface area contributed by atoms with Crippen molar-refractivity contribution >= 4 is 15.9 Å². The molecule has 0 aliphatic carbocycles. The van der Waals surface area contributed by atoms with Crippen LogP contribution in [0.4, 0.5) is 0 Å². The third kappa shape index (κ3) is 2.70. The van der Waals surface area contributed by atoms with Gasteiger partial charge in [-0.1, -0.05) is 35.8 Å². The fourth-order valence-electron chi connectivity index (χ4n) is 1.75. The summed E-state index contributed by atoms with van der Waals surface area (Å²) in [6.07, 6.45) is 0. The van der Waals surface area contributed by atoms with E-state index in [0.717, 1.165) is 21.3 Å². The lowest BCUT2D eigenvalue weighted by atomic mass is 10.1. The minimum atomic E-state index is -0.108. The Morgan fingerprint density at radius 3 is 2.67 bits per heavy atom. The predicted molar refractivity (Wildman–Crippen MR) is 76.8 cm³/mol. The van der Waals surface area contributed by atoms with Gasteiger partial charge in [0.15, 0.2) is 0 Å². The quantitative estimate of drug-likeness (QED) is 0.921. The number of nitrogens with one attached hydrogen (secondary N) is 1. The van der Waals surface area contributed by atoms with E-state index in [1.165, 1.54) is 0 Å². The van der Waals surface area contributed by atoms with Crippen molar-refractivity contribution < 1.29 is 0 Å². The summed E-state index contributed by atoms with van der Waals surface area (Å²) in [5.74, 6) is 0.864. The molecule has 0 saturated carbocycles. The number of hydrogen-bond acceptors (Lipinski definition) is 2. The van der Waals surface area contributed by atoms with E-state index >= 15 is 0 Å². The number of H-pyrrole nitrogens is 1. The van der Waals surface area contributed by atoms with Crippen molar-refractivity contribution in [2.75, 3.05) is 0 Å². The molecule has 0 radical (unpaired) electrons. The van der Waals surface area contributed by atoms with Crippen LogP contribution < -0.4 is 5.56 Å². The third-order valence-corrected chi connectivity index (χ3v) is 3.30. The molecule has 0 fully saturated rings. The number of rotatable bonds is 2. The average molecular weight is 307 g/mol. The van der Waals surface area contributed by atoms with Gasteiger partial charge in [0, 0.05) is 16.1 Å². The van der Waals surface area contributed by atoms with Crippen molar-refractivity contribution in [2.24, 2.45) is 0 Å². The lowest BCUT2D eigenvalue weighted by molar-refractivity contribution is 0.812. The summed E-state index contributed by atoms with van der Waals surface area (Å²) in [6.45, 7) is 6.06. The van der Waals surface area contributed by atoms with Crippen LogP contribution in [0.2, 0.25) is 0 Å². The molecule has 18 heavy (non-hydrogen) atoms. The summed E-state index contributed by atoms with van der Waals surface area (Å²) in [5.41, 5.74) is 2.74. The van der Waals surface area contributed by atoms with Crippen molar-refractivity contribution in [3.05, 3.63) is 50.3 Å². The van der Waals surface area contributed by atoms with Gasteiger partial charge < -0.3 is 4.98 Å². The van der Waals surface area contributed by atoms with Gasteiger partial charge in [0.1, 0.15) is 5.82 Å². The number of aromatic nitrogens is 2. The highest BCUT2D eigenvalue weighted by Crippen LogP contribution is 2.24. The average Bonchev–Trinajstić information content (AvgIpc) is 2.31. The number of benzene rings is 1. The minimum absolute atomic E-state index is 0.108. The van der Waals surface area contributed by atoms with Crippen molar-refractivity contribution in [3.63, 3.8) is 0 Å². The normalized spacial score (nSPS) is 10.9. The van der Waals surface area contributed by atoms with Crippen molar-refractivity contribution in [1.82, 2.24) is 9.97 Å². The molecule has 0 unspecified atom stereocenters. The van der Waals surface area contributed by atoms with Crippen LogP contribution in [0, 0.1) is 6.92 Å². The Labute approximate surface area is 114 Å². The molecule has 1 aromatic heterocycles. The molecule has 2 rings (SSSR count). The topological polar surface area (TPSA) is 45.8 Å². The van der Waals surface area contributed by atoms with E-state index in [9.17, 15) is 4.79 Å². The summed E-state index contributed by atoms with van der Waals surface area (Å²) in [7, 11) is 0. The Kier molecular flexibility index (Phi) is 3.66. The SMILES string of the molecule is Cc1ccc(Br)cc1-c1nc(C(C)C)cc(=O)[nH]1. The molecular formula is C14H15BrN2O. The largest absolute Gasteiger partial charge is 0.307 e. The lowest BCUT2D eigenvalue weighted by Gasteiger charge is -2.09. The number of aromatic amines is 1. The number of halogens is 1. The van der Waals surface area contributed by atoms with Gasteiger partial charge in [-0.05, 0) is 30.5 Å². The zero-order valence-electron chi connectivity index (χ0n) is 10.6. The molecular weight excluding hydrogens is 292 g/mol. The van der Waals surface area contributed by atoms with E-state index in [1.54, 1.807) is 6.07 Å². The summed E-state index contributed by atoms with van der Waals surface area (Å²) >= 11 is 3.44. The van der Waals surface area contributed by atoms with Gasteiger partial charge >= 0.3 is 0 Å². The first-order valence-corrected chi connectivity index (χ1v) is 6.64. The Balaban J connectivity index is 2.63. The molecule has 94 valence electrons. The number of hydrogen-bond donors (Lipinski definition) is 1. The monoisotopic (exact) mass is 306 g/mol. The molecule has 0 atom stereocenters. The summed E-state index contributed by atoms with van der Waals surface area (Å²) < 4.78 is 0.973. The van der Waals surface area contributed by atoms with E-state index in [-0.39, 0.29) is 11.5 Å². The maximum atomic E-state index is 11.7. The molecule has 2 aromatic rings. The fourth-order valence-corrected chi connectivity index (χ4v) is 2.11. The van der Waals surface area contributed by atoms with Gasteiger partial charge in [0.2, 0.25) is 0 Å². The number of nitrogens with zero attached hydrogens (tertiary/aromatic N) is 1. The Bertz CT molecular complexity index is 632. The molecule has 0 amide bonds. The van der Waals surface area contributed by atoms with E-state index in [4.69, 9.17) is 0 Å². The standard InChI is InChI=1S/C14H15BrN2O/c1-8(2)12-7-13(18)17-14(16-12)11-6-10(15)5-4-9(11)3/h4-8H,1-3H3,(H,16,17,18). The summed E-state index contributed by atoms with van der Waals surface area (Å²) in [4.78, 5) is 19.0. The van der Waals surface area contributed by atoms with Gasteiger partial charge in [-0.25, -0.2) is 4.98 Å². The molecule has 4 heteroatoms. The van der Waals surface area contributed by atoms with E-state index in [2.05, 4.69) is 25.9 Å². The first-order chi connectivity index (χ1) is 8.47. The first-order valence-electron chi connectivity index (χ1n) is 5.85. The Hall–Kier alpha value is -1.42. The smallest absolute Gasteiger partial charge is 0.251 e. The van der Waals surface area contributed by atoms with Crippen molar-refractivity contribution in [1.29, 1.82) is 0 Å². The Morgan fingerprint density at radius 2 is 2.00 bits per heavy atom. The molecule has 0 spiro atoms. The van der Waals surface area contributed by atoms with Crippen molar-refractivity contribution in [3.8, 4) is 11.4 Å². The molecule has 0 bridgehead atoms. The summed E-state index contributed by atoms with van der Waals surface area (Å²) in [6, 6.07) is 7.50. The lowest BCUT2D eigenvalue weighted by Crippen LogP contribution is -2.11. The molecule has 0 aliphatic rings. The van der Waals surface area contributed by atoms with Crippen LogP contribution in [0.1, 0.15) is 31.0 Å². The van der Waals surface area contributed by atoms with Crippen LogP contribution in [0.15, 0.2) is 33.5 Å². The fraction of sp³-hybridized carbons (Fsp3) is 0.286. The van der Waals surface area contributed by atoms with Gasteiger partial charge in [-0.15, -0.1) is 0 Å². The van der Waals surface area contributed by atoms with Crippen LogP contribution in [0.5, 0.6) is 0 Å². The molecule has 0 saturated heterocycles. The second-order valence-electron chi connectivity index (χ2n) is 4.63. The van der Waals surface area contributed by atoms with Gasteiger partial charge in [0.05, 0.1) is 5.69 Å².